The Balaban J connectivity index is 1.92. The van der Waals surface area contributed by atoms with Crippen LogP contribution in [-0.4, -0.2) is 9.32 Å². The minimum atomic E-state index is -1.72. The fourth-order valence-corrected chi connectivity index (χ4v) is 5.03. The molecule has 0 saturated heterocycles. The highest BCUT2D eigenvalue weighted by atomic mass is 32.2. The zero-order valence-corrected chi connectivity index (χ0v) is 13.7. The third-order valence-corrected chi connectivity index (χ3v) is 6.19. The van der Waals surface area contributed by atoms with Gasteiger partial charge >= 0.3 is 0 Å². The predicted molar refractivity (Wildman–Crippen MR) is 96.5 cm³/mol. The quantitative estimate of drug-likeness (QED) is 0.516. The molecule has 0 fully saturated rings. The summed E-state index contributed by atoms with van der Waals surface area (Å²) in [5.41, 5.74) is 0.474. The summed E-state index contributed by atoms with van der Waals surface area (Å²) in [4.78, 5) is 13.1. The molecule has 0 N–H and O–H groups in total. The zero-order valence-electron chi connectivity index (χ0n) is 12.1. The molecule has 112 valence electrons. The second-order valence-corrected chi connectivity index (χ2v) is 7.58. The van der Waals surface area contributed by atoms with E-state index in [-0.39, 0.29) is 5.12 Å². The van der Waals surface area contributed by atoms with E-state index < -0.39 is 10.8 Å². The molecule has 4 heteroatoms. The Morgan fingerprint density at radius 3 is 2.30 bits per heavy atom. The fraction of sp³-hybridized carbons (Fsp3) is 0. The molecule has 4 rings (SSSR count). The summed E-state index contributed by atoms with van der Waals surface area (Å²) in [6.07, 6.45) is 0. The van der Waals surface area contributed by atoms with E-state index in [0.29, 0.717) is 10.5 Å². The molecule has 1 aromatic heterocycles. The molecule has 0 spiro atoms. The van der Waals surface area contributed by atoms with Gasteiger partial charge in [0.1, 0.15) is 10.8 Å². The molecule has 0 aliphatic carbocycles. The number of hydrogen-bond acceptors (Lipinski definition) is 3. The highest BCUT2D eigenvalue weighted by molar-refractivity contribution is 8.01. The lowest BCUT2D eigenvalue weighted by molar-refractivity contribution is 0.108. The molecule has 2 nitrogen and oxygen atoms in total. The van der Waals surface area contributed by atoms with Crippen LogP contribution in [-0.2, 0) is 10.8 Å². The third-order valence-electron chi connectivity index (χ3n) is 3.74. The molecule has 1 heterocycles. The first kappa shape index (κ1) is 14.3. The first-order valence-electron chi connectivity index (χ1n) is 7.17. The predicted octanol–water partition coefficient (Wildman–Crippen LogP) is 5.00. The van der Waals surface area contributed by atoms with Gasteiger partial charge in [-0.3, -0.25) is 4.79 Å². The average molecular weight is 336 g/mol. The Hall–Kier alpha value is -2.30. The van der Waals surface area contributed by atoms with E-state index in [1.54, 1.807) is 41.7 Å². The highest BCUT2D eigenvalue weighted by Gasteiger charge is 2.20. The van der Waals surface area contributed by atoms with E-state index in [9.17, 15) is 9.00 Å². The number of benzene rings is 3. The Kier molecular flexibility index (Phi) is 3.56. The van der Waals surface area contributed by atoms with Crippen LogP contribution >= 0.6 is 11.3 Å². The van der Waals surface area contributed by atoms with Gasteiger partial charge in [-0.1, -0.05) is 54.6 Å². The Morgan fingerprint density at radius 2 is 1.48 bits per heavy atom. The van der Waals surface area contributed by atoms with Crippen molar-refractivity contribution in [2.24, 2.45) is 0 Å². The number of rotatable bonds is 2. The van der Waals surface area contributed by atoms with Crippen molar-refractivity contribution in [3.05, 3.63) is 78.4 Å². The minimum absolute atomic E-state index is 0.353. The van der Waals surface area contributed by atoms with Crippen molar-refractivity contribution in [2.45, 2.75) is 4.90 Å². The van der Waals surface area contributed by atoms with Crippen LogP contribution in [0, 0.1) is 0 Å². The maximum atomic E-state index is 12.9. The molecule has 4 aromatic rings. The average Bonchev–Trinajstić information content (AvgIpc) is 3.00. The van der Waals surface area contributed by atoms with E-state index in [2.05, 4.69) is 0 Å². The van der Waals surface area contributed by atoms with Crippen LogP contribution in [0.15, 0.2) is 77.7 Å². The third kappa shape index (κ3) is 2.40. The van der Waals surface area contributed by atoms with Crippen LogP contribution in [0.4, 0.5) is 0 Å². The summed E-state index contributed by atoms with van der Waals surface area (Å²) in [7, 11) is -1.72. The van der Waals surface area contributed by atoms with E-state index in [4.69, 9.17) is 0 Å². The van der Waals surface area contributed by atoms with Gasteiger partial charge in [0.2, 0.25) is 0 Å². The highest BCUT2D eigenvalue weighted by Crippen LogP contribution is 2.37. The van der Waals surface area contributed by atoms with Crippen molar-refractivity contribution in [3.63, 3.8) is 0 Å². The molecule has 23 heavy (non-hydrogen) atoms. The van der Waals surface area contributed by atoms with Gasteiger partial charge in [-0.2, -0.15) is 0 Å². The van der Waals surface area contributed by atoms with E-state index >= 15 is 0 Å². The normalized spacial score (nSPS) is 12.5. The lowest BCUT2D eigenvalue weighted by atomic mass is 10.1. The van der Waals surface area contributed by atoms with E-state index in [0.717, 1.165) is 20.2 Å². The van der Waals surface area contributed by atoms with Crippen LogP contribution in [0.25, 0.3) is 20.2 Å². The first-order chi connectivity index (χ1) is 11.3. The van der Waals surface area contributed by atoms with Crippen molar-refractivity contribution in [1.82, 2.24) is 0 Å². The maximum Gasteiger partial charge on any atom is 0.253 e. The minimum Gasteiger partial charge on any atom is -0.278 e. The SMILES string of the molecule is O=C(c1ccccc1)S(=O)c1cccc2sc3ccccc3c12. The summed E-state index contributed by atoms with van der Waals surface area (Å²) < 4.78 is 15.1. The van der Waals surface area contributed by atoms with Gasteiger partial charge in [0.15, 0.2) is 0 Å². The van der Waals surface area contributed by atoms with Gasteiger partial charge in [-0.25, -0.2) is 4.21 Å². The lowest BCUT2D eigenvalue weighted by Gasteiger charge is -2.04. The van der Waals surface area contributed by atoms with Gasteiger partial charge in [-0.05, 0) is 18.2 Å². The number of carbonyl (C=O) groups is 1. The van der Waals surface area contributed by atoms with Crippen LogP contribution in [0.3, 0.4) is 0 Å². The summed E-state index contributed by atoms with van der Waals surface area (Å²) in [6.45, 7) is 0. The molecule has 3 aromatic carbocycles. The molecular weight excluding hydrogens is 324 g/mol. The Morgan fingerprint density at radius 1 is 0.783 bits per heavy atom. The number of carbonyl (C=O) groups excluding carboxylic acids is 1. The second-order valence-electron chi connectivity index (χ2n) is 5.15. The lowest BCUT2D eigenvalue weighted by Crippen LogP contribution is -2.08. The van der Waals surface area contributed by atoms with Gasteiger partial charge in [0.25, 0.3) is 5.12 Å². The number of fused-ring (bicyclic) bond motifs is 3. The number of thiophene rings is 1. The second kappa shape index (κ2) is 5.72. The molecule has 0 amide bonds. The van der Waals surface area contributed by atoms with Gasteiger partial charge in [0.05, 0.1) is 4.90 Å². The van der Waals surface area contributed by atoms with Gasteiger partial charge in [-0.15, -0.1) is 11.3 Å². The molecular formula is C19H12O2S2. The van der Waals surface area contributed by atoms with Crippen LogP contribution in [0.1, 0.15) is 10.4 Å². The fourth-order valence-electron chi connectivity index (χ4n) is 2.68. The van der Waals surface area contributed by atoms with Crippen molar-refractivity contribution in [3.8, 4) is 0 Å². The standard InChI is InChI=1S/C19H12O2S2/c20-19(13-7-2-1-3-8-13)23(21)17-12-6-11-16-18(17)14-9-4-5-10-15(14)22-16/h1-12H. The number of hydrogen-bond donors (Lipinski definition) is 0. The van der Waals surface area contributed by atoms with Gasteiger partial charge < -0.3 is 0 Å². The van der Waals surface area contributed by atoms with Crippen molar-refractivity contribution < 1.29 is 9.00 Å². The summed E-state index contributed by atoms with van der Waals surface area (Å²) >= 11 is 1.66. The van der Waals surface area contributed by atoms with Crippen LogP contribution in [0.2, 0.25) is 0 Å². The molecule has 1 unspecified atom stereocenters. The zero-order chi connectivity index (χ0) is 15.8. The van der Waals surface area contributed by atoms with Crippen molar-refractivity contribution >= 4 is 47.4 Å². The molecule has 0 aliphatic heterocycles. The van der Waals surface area contributed by atoms with Crippen molar-refractivity contribution in [2.75, 3.05) is 0 Å². The van der Waals surface area contributed by atoms with E-state index in [1.165, 1.54) is 0 Å². The molecule has 0 radical (unpaired) electrons. The largest absolute Gasteiger partial charge is 0.278 e. The Labute approximate surface area is 139 Å². The van der Waals surface area contributed by atoms with E-state index in [1.807, 2.05) is 42.5 Å². The summed E-state index contributed by atoms with van der Waals surface area (Å²) in [5, 5.41) is 1.63. The van der Waals surface area contributed by atoms with Gasteiger partial charge in [0, 0.05) is 25.7 Å². The molecule has 0 aliphatic rings. The van der Waals surface area contributed by atoms with Crippen LogP contribution in [0.5, 0.6) is 0 Å². The first-order valence-corrected chi connectivity index (χ1v) is 9.14. The molecule has 0 bridgehead atoms. The topological polar surface area (TPSA) is 34.1 Å². The smallest absolute Gasteiger partial charge is 0.253 e. The summed E-state index contributed by atoms with van der Waals surface area (Å²) in [6, 6.07) is 22.5. The molecule has 1 atom stereocenters. The Bertz CT molecular complexity index is 1050. The molecule has 0 saturated carbocycles. The monoisotopic (exact) mass is 336 g/mol. The van der Waals surface area contributed by atoms with Crippen LogP contribution < -0.4 is 0 Å². The van der Waals surface area contributed by atoms with Crippen molar-refractivity contribution in [1.29, 1.82) is 0 Å². The maximum absolute atomic E-state index is 12.9. The summed E-state index contributed by atoms with van der Waals surface area (Å²) in [5.74, 6) is 0.